The van der Waals surface area contributed by atoms with Crippen molar-refractivity contribution < 1.29 is 31.2 Å². The molecule has 0 radical (unpaired) electrons. The molecule has 3 N–H and O–H groups in total. The van der Waals surface area contributed by atoms with Crippen LogP contribution < -0.4 is 15.4 Å². The van der Waals surface area contributed by atoms with Crippen LogP contribution >= 0.6 is 0 Å². The van der Waals surface area contributed by atoms with Gasteiger partial charge < -0.3 is 10.6 Å². The van der Waals surface area contributed by atoms with Crippen LogP contribution in [0.3, 0.4) is 0 Å². The summed E-state index contributed by atoms with van der Waals surface area (Å²) in [7, 11) is -4.61. The van der Waals surface area contributed by atoms with Crippen LogP contribution in [0.5, 0.6) is 0 Å². The molecule has 2 aromatic carbocycles. The van der Waals surface area contributed by atoms with Gasteiger partial charge in [0.15, 0.2) is 0 Å². The minimum absolute atomic E-state index is 0.0257. The number of anilines is 1. The number of rotatable bonds is 9. The third-order valence-corrected chi connectivity index (χ3v) is 6.08. The van der Waals surface area contributed by atoms with Crippen molar-refractivity contribution in [2.24, 2.45) is 5.92 Å². The van der Waals surface area contributed by atoms with Crippen molar-refractivity contribution in [3.63, 3.8) is 0 Å². The van der Waals surface area contributed by atoms with Gasteiger partial charge in [-0.1, -0.05) is 38.1 Å². The summed E-state index contributed by atoms with van der Waals surface area (Å²) in [6.07, 6.45) is -4.51. The average molecular weight is 486 g/mol. The zero-order chi connectivity index (χ0) is 24.8. The third-order valence-electron chi connectivity index (χ3n) is 4.48. The number of benzene rings is 2. The Kier molecular flexibility index (Phi) is 8.62. The molecule has 2 rings (SSSR count). The topological polar surface area (TPSA) is 104 Å². The highest BCUT2D eigenvalue weighted by atomic mass is 32.2. The second kappa shape index (κ2) is 10.8. The summed E-state index contributed by atoms with van der Waals surface area (Å²) in [5, 5.41) is 5.29. The molecular formula is C22H26F3N3O4S. The number of amides is 2. The normalized spacial score (nSPS) is 12.9. The van der Waals surface area contributed by atoms with Crippen molar-refractivity contribution in [2.45, 2.75) is 50.9 Å². The van der Waals surface area contributed by atoms with E-state index in [4.69, 9.17) is 0 Å². The first kappa shape index (κ1) is 26.3. The average Bonchev–Trinajstić information content (AvgIpc) is 2.70. The Morgan fingerprint density at radius 3 is 2.30 bits per heavy atom. The minimum atomic E-state index is -4.87. The van der Waals surface area contributed by atoms with Crippen molar-refractivity contribution in [2.75, 3.05) is 5.32 Å². The van der Waals surface area contributed by atoms with Crippen LogP contribution in [-0.2, 0) is 32.3 Å². The fraction of sp³-hybridized carbons (Fsp3) is 0.364. The van der Waals surface area contributed by atoms with Gasteiger partial charge in [0, 0.05) is 18.7 Å². The van der Waals surface area contributed by atoms with Gasteiger partial charge >= 0.3 is 6.18 Å². The van der Waals surface area contributed by atoms with E-state index in [9.17, 15) is 31.2 Å². The Morgan fingerprint density at radius 1 is 1.00 bits per heavy atom. The molecule has 0 spiro atoms. The molecule has 0 saturated carbocycles. The van der Waals surface area contributed by atoms with Crippen molar-refractivity contribution in [1.82, 2.24) is 10.0 Å². The summed E-state index contributed by atoms with van der Waals surface area (Å²) in [6, 6.07) is 9.15. The first-order chi connectivity index (χ1) is 15.3. The summed E-state index contributed by atoms with van der Waals surface area (Å²) < 4.78 is 66.4. The Labute approximate surface area is 190 Å². The predicted molar refractivity (Wildman–Crippen MR) is 118 cm³/mol. The number of carbonyl (C=O) groups is 2. The Balaban J connectivity index is 2.02. The van der Waals surface area contributed by atoms with Crippen LogP contribution in [0.1, 0.15) is 38.3 Å². The van der Waals surface area contributed by atoms with Crippen molar-refractivity contribution >= 4 is 27.5 Å². The number of sulfonamides is 1. The van der Waals surface area contributed by atoms with Gasteiger partial charge in [-0.15, -0.1) is 0 Å². The van der Waals surface area contributed by atoms with Gasteiger partial charge in [-0.25, -0.2) is 8.42 Å². The lowest BCUT2D eigenvalue weighted by Gasteiger charge is -2.17. The van der Waals surface area contributed by atoms with Crippen LogP contribution in [0.15, 0.2) is 53.4 Å². The smallest absolute Gasteiger partial charge is 0.351 e. The summed E-state index contributed by atoms with van der Waals surface area (Å²) in [6.45, 7) is 5.09. The molecule has 11 heteroatoms. The van der Waals surface area contributed by atoms with Crippen LogP contribution in [0, 0.1) is 5.92 Å². The second-order valence-electron chi connectivity index (χ2n) is 7.90. The zero-order valence-corrected chi connectivity index (χ0v) is 19.2. The molecule has 0 bridgehead atoms. The SMILES string of the molecule is CC(C)CC(=O)Nc1cccc(CNC(=O)[C@H](C)NS(=O)(=O)c2ccccc2C(F)(F)F)c1. The largest absolute Gasteiger partial charge is 0.417 e. The molecule has 2 aromatic rings. The zero-order valence-electron chi connectivity index (χ0n) is 18.4. The van der Waals surface area contributed by atoms with Crippen molar-refractivity contribution in [3.8, 4) is 0 Å². The molecule has 0 fully saturated rings. The Morgan fingerprint density at radius 2 is 1.67 bits per heavy atom. The molecule has 7 nitrogen and oxygen atoms in total. The number of nitrogens with one attached hydrogen (secondary N) is 3. The molecule has 0 unspecified atom stereocenters. The van der Waals surface area contributed by atoms with Gasteiger partial charge in [0.1, 0.15) is 0 Å². The summed E-state index contributed by atoms with van der Waals surface area (Å²) in [4.78, 5) is 23.3. The van der Waals surface area contributed by atoms with E-state index in [0.717, 1.165) is 12.1 Å². The lowest BCUT2D eigenvalue weighted by Crippen LogP contribution is -2.44. The molecule has 180 valence electrons. The fourth-order valence-corrected chi connectivity index (χ4v) is 4.40. The van der Waals surface area contributed by atoms with Gasteiger partial charge in [0.2, 0.25) is 21.8 Å². The van der Waals surface area contributed by atoms with Gasteiger partial charge in [0.25, 0.3) is 0 Å². The monoisotopic (exact) mass is 485 g/mol. The summed E-state index contributed by atoms with van der Waals surface area (Å²) >= 11 is 0. The number of carbonyl (C=O) groups excluding carboxylic acids is 2. The third kappa shape index (κ3) is 7.86. The number of hydrogen-bond donors (Lipinski definition) is 3. The van der Waals surface area contributed by atoms with Crippen LogP contribution in [0.4, 0.5) is 18.9 Å². The van der Waals surface area contributed by atoms with Gasteiger partial charge in [0.05, 0.1) is 16.5 Å². The maximum atomic E-state index is 13.2. The van der Waals surface area contributed by atoms with Crippen molar-refractivity contribution in [3.05, 3.63) is 59.7 Å². The number of halogens is 3. The lowest BCUT2D eigenvalue weighted by molar-refractivity contribution is -0.139. The summed E-state index contributed by atoms with van der Waals surface area (Å²) in [5.74, 6) is -0.675. The lowest BCUT2D eigenvalue weighted by atomic mass is 10.1. The van der Waals surface area contributed by atoms with E-state index in [1.807, 2.05) is 18.6 Å². The minimum Gasteiger partial charge on any atom is -0.351 e. The predicted octanol–water partition coefficient (Wildman–Crippen LogP) is 3.67. The molecule has 0 heterocycles. The van der Waals surface area contributed by atoms with E-state index in [1.54, 1.807) is 24.3 Å². The Hall–Kier alpha value is -2.92. The fourth-order valence-electron chi connectivity index (χ4n) is 2.97. The highest BCUT2D eigenvalue weighted by molar-refractivity contribution is 7.89. The van der Waals surface area contributed by atoms with Crippen LogP contribution in [0.2, 0.25) is 0 Å². The maximum Gasteiger partial charge on any atom is 0.417 e. The standard InChI is InChI=1S/C22H26F3N3O4S/c1-14(2)11-20(29)27-17-8-6-7-16(12-17)13-26-21(30)15(3)28-33(31,32)19-10-5-4-9-18(19)22(23,24)25/h4-10,12,14-15,28H,11,13H2,1-3H3,(H,26,30)(H,27,29)/t15-/m0/s1. The van der Waals surface area contributed by atoms with Crippen LogP contribution in [-0.4, -0.2) is 26.3 Å². The van der Waals surface area contributed by atoms with E-state index in [2.05, 4.69) is 10.6 Å². The van der Waals surface area contributed by atoms with Gasteiger partial charge in [-0.2, -0.15) is 17.9 Å². The first-order valence-corrected chi connectivity index (χ1v) is 11.6. The Bertz CT molecular complexity index is 1100. The molecule has 1 atom stereocenters. The highest BCUT2D eigenvalue weighted by Crippen LogP contribution is 2.33. The highest BCUT2D eigenvalue weighted by Gasteiger charge is 2.37. The molecule has 0 saturated heterocycles. The maximum absolute atomic E-state index is 13.2. The first-order valence-electron chi connectivity index (χ1n) is 10.1. The van der Waals surface area contributed by atoms with Gasteiger partial charge in [-0.3, -0.25) is 9.59 Å². The molecule has 0 aliphatic rings. The van der Waals surface area contributed by atoms with Crippen molar-refractivity contribution in [1.29, 1.82) is 0 Å². The molecule has 0 aromatic heterocycles. The molecular weight excluding hydrogens is 459 g/mol. The van der Waals surface area contributed by atoms with E-state index in [1.165, 1.54) is 13.0 Å². The second-order valence-corrected chi connectivity index (χ2v) is 9.58. The molecule has 0 aliphatic heterocycles. The van der Waals surface area contributed by atoms with Gasteiger partial charge in [-0.05, 0) is 42.7 Å². The van der Waals surface area contributed by atoms with E-state index < -0.39 is 38.6 Å². The molecule has 0 aliphatic carbocycles. The van der Waals surface area contributed by atoms with E-state index in [0.29, 0.717) is 23.7 Å². The molecule has 2 amide bonds. The molecule has 33 heavy (non-hydrogen) atoms. The summed E-state index contributed by atoms with van der Waals surface area (Å²) in [5.41, 5.74) is -0.130. The quantitative estimate of drug-likeness (QED) is 0.504. The van der Waals surface area contributed by atoms with E-state index >= 15 is 0 Å². The van der Waals surface area contributed by atoms with Crippen LogP contribution in [0.25, 0.3) is 0 Å². The number of alkyl halides is 3. The van der Waals surface area contributed by atoms with E-state index in [-0.39, 0.29) is 18.4 Å². The number of hydrogen-bond acceptors (Lipinski definition) is 4.